The third-order valence-electron chi connectivity index (χ3n) is 4.57. The quantitative estimate of drug-likeness (QED) is 0.669. The number of piperazine rings is 1. The van der Waals surface area contributed by atoms with E-state index in [2.05, 4.69) is 24.1 Å². The highest BCUT2D eigenvalue weighted by atomic mass is 16.6. The maximum absolute atomic E-state index is 11.1. The molecule has 0 aromatic heterocycles. The topological polar surface area (TPSA) is 58.4 Å². The maximum atomic E-state index is 11.1. The van der Waals surface area contributed by atoms with Gasteiger partial charge in [0.1, 0.15) is 0 Å². The van der Waals surface area contributed by atoms with Crippen molar-refractivity contribution >= 4 is 5.69 Å². The van der Waals surface area contributed by atoms with Crippen LogP contribution in [-0.4, -0.2) is 35.0 Å². The molecule has 1 saturated heterocycles. The second kappa shape index (κ2) is 7.00. The third kappa shape index (κ3) is 3.60. The van der Waals surface area contributed by atoms with E-state index in [9.17, 15) is 10.1 Å². The Morgan fingerprint density at radius 3 is 2.76 bits per heavy atom. The van der Waals surface area contributed by atoms with Gasteiger partial charge in [-0.2, -0.15) is 0 Å². The number of rotatable bonds is 5. The van der Waals surface area contributed by atoms with Crippen molar-refractivity contribution in [1.29, 1.82) is 0 Å². The van der Waals surface area contributed by atoms with Gasteiger partial charge in [-0.25, -0.2) is 0 Å². The number of nitrogens with zero attached hydrogens (tertiary/aromatic N) is 2. The molecule has 2 unspecified atom stereocenters. The van der Waals surface area contributed by atoms with Crippen molar-refractivity contribution < 1.29 is 4.92 Å². The molecule has 0 aliphatic carbocycles. The Labute approximate surface area is 126 Å². The zero-order valence-electron chi connectivity index (χ0n) is 13.1. The van der Waals surface area contributed by atoms with E-state index in [4.69, 9.17) is 0 Å². The fourth-order valence-corrected chi connectivity index (χ4v) is 3.06. The molecule has 2 rings (SSSR count). The van der Waals surface area contributed by atoms with Crippen LogP contribution in [0.25, 0.3) is 0 Å². The summed E-state index contributed by atoms with van der Waals surface area (Å²) in [5.74, 6) is 0. The molecular formula is C16H25N3O2. The van der Waals surface area contributed by atoms with Gasteiger partial charge in [0.05, 0.1) is 4.92 Å². The van der Waals surface area contributed by atoms with Crippen LogP contribution >= 0.6 is 0 Å². The lowest BCUT2D eigenvalue weighted by molar-refractivity contribution is -0.385. The molecule has 116 valence electrons. The SMILES string of the molecule is CCC1CN(Cc2cccc([N+](=O)[O-])c2C)C(CC)CN1. The van der Waals surface area contributed by atoms with E-state index in [0.717, 1.165) is 43.6 Å². The molecule has 0 radical (unpaired) electrons. The first-order valence-corrected chi connectivity index (χ1v) is 7.77. The van der Waals surface area contributed by atoms with Crippen LogP contribution in [0.1, 0.15) is 37.8 Å². The molecular weight excluding hydrogens is 266 g/mol. The molecule has 1 aromatic rings. The first-order chi connectivity index (χ1) is 10.1. The van der Waals surface area contributed by atoms with Gasteiger partial charge in [-0.15, -0.1) is 0 Å². The van der Waals surface area contributed by atoms with Gasteiger partial charge in [0, 0.05) is 43.3 Å². The predicted octanol–water partition coefficient (Wildman–Crippen LogP) is 2.87. The maximum Gasteiger partial charge on any atom is 0.272 e. The number of nitro groups is 1. The number of benzene rings is 1. The minimum atomic E-state index is -0.289. The van der Waals surface area contributed by atoms with Crippen LogP contribution in [0.15, 0.2) is 18.2 Å². The van der Waals surface area contributed by atoms with Crippen LogP contribution in [0.3, 0.4) is 0 Å². The molecule has 21 heavy (non-hydrogen) atoms. The molecule has 1 heterocycles. The van der Waals surface area contributed by atoms with Gasteiger partial charge in [0.2, 0.25) is 0 Å². The highest BCUT2D eigenvalue weighted by Crippen LogP contribution is 2.24. The van der Waals surface area contributed by atoms with Gasteiger partial charge in [0.15, 0.2) is 0 Å². The Kier molecular flexibility index (Phi) is 5.31. The highest BCUT2D eigenvalue weighted by molar-refractivity contribution is 5.44. The van der Waals surface area contributed by atoms with E-state index in [1.54, 1.807) is 12.1 Å². The van der Waals surface area contributed by atoms with Crippen molar-refractivity contribution in [2.45, 2.75) is 52.2 Å². The monoisotopic (exact) mass is 291 g/mol. The van der Waals surface area contributed by atoms with E-state index >= 15 is 0 Å². The Balaban J connectivity index is 2.19. The lowest BCUT2D eigenvalue weighted by Gasteiger charge is -2.40. The van der Waals surface area contributed by atoms with Crippen molar-refractivity contribution in [3.05, 3.63) is 39.4 Å². The molecule has 1 aliphatic heterocycles. The Morgan fingerprint density at radius 2 is 2.14 bits per heavy atom. The molecule has 1 N–H and O–H groups in total. The summed E-state index contributed by atoms with van der Waals surface area (Å²) in [6.07, 6.45) is 2.21. The third-order valence-corrected chi connectivity index (χ3v) is 4.57. The predicted molar refractivity (Wildman–Crippen MR) is 84.4 cm³/mol. The molecule has 5 heteroatoms. The van der Waals surface area contributed by atoms with Crippen LogP contribution < -0.4 is 5.32 Å². The Hall–Kier alpha value is -1.46. The van der Waals surface area contributed by atoms with E-state index < -0.39 is 0 Å². The van der Waals surface area contributed by atoms with E-state index in [-0.39, 0.29) is 10.6 Å². The van der Waals surface area contributed by atoms with Gasteiger partial charge in [-0.3, -0.25) is 15.0 Å². The zero-order valence-corrected chi connectivity index (χ0v) is 13.1. The van der Waals surface area contributed by atoms with Crippen molar-refractivity contribution in [3.63, 3.8) is 0 Å². The van der Waals surface area contributed by atoms with Crippen LogP contribution in [-0.2, 0) is 6.54 Å². The van der Waals surface area contributed by atoms with Gasteiger partial charge in [0.25, 0.3) is 5.69 Å². The van der Waals surface area contributed by atoms with E-state index in [1.807, 2.05) is 13.0 Å². The normalized spacial score (nSPS) is 23.2. The average Bonchev–Trinajstić information content (AvgIpc) is 2.49. The minimum absolute atomic E-state index is 0.225. The summed E-state index contributed by atoms with van der Waals surface area (Å²) in [5.41, 5.74) is 2.09. The van der Waals surface area contributed by atoms with E-state index in [0.29, 0.717) is 12.1 Å². The van der Waals surface area contributed by atoms with Crippen molar-refractivity contribution in [1.82, 2.24) is 10.2 Å². The number of nitro benzene ring substituents is 1. The van der Waals surface area contributed by atoms with Crippen molar-refractivity contribution in [2.75, 3.05) is 13.1 Å². The highest BCUT2D eigenvalue weighted by Gasteiger charge is 2.26. The second-order valence-electron chi connectivity index (χ2n) is 5.82. The van der Waals surface area contributed by atoms with Crippen molar-refractivity contribution in [2.24, 2.45) is 0 Å². The summed E-state index contributed by atoms with van der Waals surface area (Å²) in [6.45, 7) is 9.06. The lowest BCUT2D eigenvalue weighted by atomic mass is 10.0. The fraction of sp³-hybridized carbons (Fsp3) is 0.625. The van der Waals surface area contributed by atoms with Gasteiger partial charge < -0.3 is 5.32 Å². The van der Waals surface area contributed by atoms with Crippen LogP contribution in [0, 0.1) is 17.0 Å². The number of nitrogens with one attached hydrogen (secondary N) is 1. The summed E-state index contributed by atoms with van der Waals surface area (Å²) in [7, 11) is 0. The van der Waals surface area contributed by atoms with Gasteiger partial charge in [-0.1, -0.05) is 26.0 Å². The summed E-state index contributed by atoms with van der Waals surface area (Å²) < 4.78 is 0. The Bertz CT molecular complexity index is 504. The molecule has 2 atom stereocenters. The standard InChI is InChI=1S/C16H25N3O2/c1-4-14-11-18(15(5-2)9-17-14)10-13-7-6-8-16(12(13)3)19(20)21/h6-8,14-15,17H,4-5,9-11H2,1-3H3. The van der Waals surface area contributed by atoms with Crippen LogP contribution in [0.4, 0.5) is 5.69 Å². The molecule has 1 aliphatic rings. The largest absolute Gasteiger partial charge is 0.311 e. The first-order valence-electron chi connectivity index (χ1n) is 7.77. The summed E-state index contributed by atoms with van der Waals surface area (Å²) in [6, 6.07) is 6.42. The van der Waals surface area contributed by atoms with Crippen LogP contribution in [0.2, 0.25) is 0 Å². The average molecular weight is 291 g/mol. The molecule has 0 saturated carbocycles. The minimum Gasteiger partial charge on any atom is -0.311 e. The fourth-order valence-electron chi connectivity index (χ4n) is 3.06. The number of hydrogen-bond donors (Lipinski definition) is 1. The first kappa shape index (κ1) is 15.9. The van der Waals surface area contributed by atoms with Gasteiger partial charge in [-0.05, 0) is 25.3 Å². The van der Waals surface area contributed by atoms with Gasteiger partial charge >= 0.3 is 0 Å². The molecule has 0 spiro atoms. The molecule has 0 amide bonds. The number of hydrogen-bond acceptors (Lipinski definition) is 4. The zero-order chi connectivity index (χ0) is 15.4. The Morgan fingerprint density at radius 1 is 1.38 bits per heavy atom. The lowest BCUT2D eigenvalue weighted by Crippen LogP contribution is -2.55. The molecule has 0 bridgehead atoms. The molecule has 1 fully saturated rings. The van der Waals surface area contributed by atoms with Crippen molar-refractivity contribution in [3.8, 4) is 0 Å². The smallest absolute Gasteiger partial charge is 0.272 e. The summed E-state index contributed by atoms with van der Waals surface area (Å²) in [4.78, 5) is 13.2. The molecule has 1 aromatic carbocycles. The van der Waals surface area contributed by atoms with E-state index in [1.165, 1.54) is 0 Å². The summed E-state index contributed by atoms with van der Waals surface area (Å²) >= 11 is 0. The second-order valence-corrected chi connectivity index (χ2v) is 5.82. The molecule has 5 nitrogen and oxygen atoms in total. The van der Waals surface area contributed by atoms with Crippen LogP contribution in [0.5, 0.6) is 0 Å². The summed E-state index contributed by atoms with van der Waals surface area (Å²) in [5, 5.41) is 14.6.